The summed E-state index contributed by atoms with van der Waals surface area (Å²) in [5, 5.41) is 13.3. The maximum Gasteiger partial charge on any atom is 0.308 e. The summed E-state index contributed by atoms with van der Waals surface area (Å²) in [6, 6.07) is 16.1. The lowest BCUT2D eigenvalue weighted by Crippen LogP contribution is -2.25. The predicted octanol–water partition coefficient (Wildman–Crippen LogP) is 3.11. The molecular weight excluding hydrogens is 348 g/mol. The summed E-state index contributed by atoms with van der Waals surface area (Å²) >= 11 is 0. The van der Waals surface area contributed by atoms with Gasteiger partial charge in [0.15, 0.2) is 6.61 Å². The molecule has 2 N–H and O–H groups in total. The standard InChI is InChI=1S/C19H20N4O4/c1-14(24)20-12-11-19(26)27-13-18(25)21-15-7-9-17(10-8-15)23-22-16-5-3-2-4-6-16/h2-10H,11-13H2,1H3,(H,20,24)(H,21,25). The van der Waals surface area contributed by atoms with Crippen molar-refractivity contribution in [1.82, 2.24) is 5.32 Å². The fourth-order valence-corrected chi connectivity index (χ4v) is 1.98. The molecule has 0 aromatic heterocycles. The van der Waals surface area contributed by atoms with Crippen LogP contribution in [0, 0.1) is 0 Å². The number of carbonyl (C=O) groups is 3. The van der Waals surface area contributed by atoms with Crippen molar-refractivity contribution in [2.45, 2.75) is 13.3 Å². The van der Waals surface area contributed by atoms with Crippen LogP contribution < -0.4 is 10.6 Å². The van der Waals surface area contributed by atoms with Crippen LogP contribution in [0.15, 0.2) is 64.8 Å². The normalized spacial score (nSPS) is 10.4. The van der Waals surface area contributed by atoms with Gasteiger partial charge in [0.1, 0.15) is 0 Å². The zero-order chi connectivity index (χ0) is 19.5. The minimum Gasteiger partial charge on any atom is -0.456 e. The molecule has 0 aliphatic carbocycles. The first-order chi connectivity index (χ1) is 13.0. The summed E-state index contributed by atoms with van der Waals surface area (Å²) in [7, 11) is 0. The second-order valence-electron chi connectivity index (χ2n) is 5.52. The van der Waals surface area contributed by atoms with Crippen LogP contribution in [0.2, 0.25) is 0 Å². The maximum absolute atomic E-state index is 11.8. The summed E-state index contributed by atoms with van der Waals surface area (Å²) in [5.41, 5.74) is 1.93. The van der Waals surface area contributed by atoms with Gasteiger partial charge in [0, 0.05) is 19.2 Å². The van der Waals surface area contributed by atoms with Crippen LogP contribution in [0.3, 0.4) is 0 Å². The number of rotatable bonds is 8. The average molecular weight is 368 g/mol. The Morgan fingerprint density at radius 2 is 1.56 bits per heavy atom. The summed E-state index contributed by atoms with van der Waals surface area (Å²) < 4.78 is 4.83. The van der Waals surface area contributed by atoms with Crippen LogP contribution in [0.5, 0.6) is 0 Å². The fourth-order valence-electron chi connectivity index (χ4n) is 1.98. The van der Waals surface area contributed by atoms with Gasteiger partial charge in [-0.15, -0.1) is 0 Å². The van der Waals surface area contributed by atoms with Crippen LogP contribution in [-0.4, -0.2) is 30.9 Å². The molecule has 8 heteroatoms. The van der Waals surface area contributed by atoms with Crippen molar-refractivity contribution in [3.05, 3.63) is 54.6 Å². The van der Waals surface area contributed by atoms with E-state index in [1.807, 2.05) is 30.3 Å². The molecule has 0 heterocycles. The number of anilines is 1. The molecule has 2 rings (SSSR count). The van der Waals surface area contributed by atoms with Crippen molar-refractivity contribution in [2.75, 3.05) is 18.5 Å². The molecule has 8 nitrogen and oxygen atoms in total. The molecule has 0 unspecified atom stereocenters. The number of benzene rings is 2. The fraction of sp³-hybridized carbons (Fsp3) is 0.211. The molecule has 2 aromatic carbocycles. The molecule has 0 spiro atoms. The Morgan fingerprint density at radius 3 is 2.19 bits per heavy atom. The van der Waals surface area contributed by atoms with E-state index in [1.165, 1.54) is 6.92 Å². The van der Waals surface area contributed by atoms with E-state index in [0.29, 0.717) is 11.4 Å². The molecule has 0 saturated heterocycles. The maximum atomic E-state index is 11.8. The number of ether oxygens (including phenoxy) is 1. The number of azo groups is 1. The van der Waals surface area contributed by atoms with Crippen LogP contribution in [0.4, 0.5) is 17.1 Å². The first-order valence-corrected chi connectivity index (χ1v) is 8.30. The molecule has 0 fully saturated rings. The van der Waals surface area contributed by atoms with Gasteiger partial charge < -0.3 is 15.4 Å². The van der Waals surface area contributed by atoms with E-state index in [-0.39, 0.29) is 18.9 Å². The van der Waals surface area contributed by atoms with Crippen LogP contribution in [-0.2, 0) is 19.1 Å². The van der Waals surface area contributed by atoms with E-state index in [2.05, 4.69) is 20.9 Å². The largest absolute Gasteiger partial charge is 0.456 e. The van der Waals surface area contributed by atoms with E-state index >= 15 is 0 Å². The summed E-state index contributed by atoms with van der Waals surface area (Å²) in [4.78, 5) is 33.9. The number of hydrogen-bond acceptors (Lipinski definition) is 6. The Labute approximate surface area is 156 Å². The third-order valence-corrected chi connectivity index (χ3v) is 3.26. The lowest BCUT2D eigenvalue weighted by Gasteiger charge is -2.07. The SMILES string of the molecule is CC(=O)NCCC(=O)OCC(=O)Nc1ccc(N=Nc2ccccc2)cc1. The molecule has 27 heavy (non-hydrogen) atoms. The highest BCUT2D eigenvalue weighted by atomic mass is 16.5. The highest BCUT2D eigenvalue weighted by Gasteiger charge is 2.08. The zero-order valence-electron chi connectivity index (χ0n) is 14.8. The molecule has 0 aliphatic heterocycles. The Balaban J connectivity index is 1.75. The van der Waals surface area contributed by atoms with Gasteiger partial charge in [0.2, 0.25) is 5.91 Å². The van der Waals surface area contributed by atoms with Gasteiger partial charge >= 0.3 is 5.97 Å². The number of nitrogens with one attached hydrogen (secondary N) is 2. The van der Waals surface area contributed by atoms with Crippen LogP contribution in [0.1, 0.15) is 13.3 Å². The van der Waals surface area contributed by atoms with Gasteiger partial charge in [-0.2, -0.15) is 10.2 Å². The van der Waals surface area contributed by atoms with Gasteiger partial charge in [0.25, 0.3) is 5.91 Å². The van der Waals surface area contributed by atoms with Crippen molar-refractivity contribution in [2.24, 2.45) is 10.2 Å². The van der Waals surface area contributed by atoms with E-state index < -0.39 is 18.5 Å². The Bertz CT molecular complexity index is 804. The third-order valence-electron chi connectivity index (χ3n) is 3.26. The van der Waals surface area contributed by atoms with E-state index in [9.17, 15) is 14.4 Å². The minimum atomic E-state index is -0.560. The summed E-state index contributed by atoms with van der Waals surface area (Å²) in [5.74, 6) is -1.25. The van der Waals surface area contributed by atoms with Crippen molar-refractivity contribution < 1.29 is 19.1 Å². The summed E-state index contributed by atoms with van der Waals surface area (Å²) in [6.45, 7) is 1.14. The van der Waals surface area contributed by atoms with E-state index in [0.717, 1.165) is 5.69 Å². The quantitative estimate of drug-likeness (QED) is 0.551. The van der Waals surface area contributed by atoms with Crippen LogP contribution in [0.25, 0.3) is 0 Å². The van der Waals surface area contributed by atoms with Gasteiger partial charge in [0.05, 0.1) is 17.8 Å². The Morgan fingerprint density at radius 1 is 0.926 bits per heavy atom. The molecule has 2 aromatic rings. The number of carbonyl (C=O) groups excluding carboxylic acids is 3. The van der Waals surface area contributed by atoms with Crippen molar-refractivity contribution in [3.63, 3.8) is 0 Å². The highest BCUT2D eigenvalue weighted by Crippen LogP contribution is 2.19. The smallest absolute Gasteiger partial charge is 0.308 e. The number of hydrogen-bond donors (Lipinski definition) is 2. The molecular formula is C19H20N4O4. The molecule has 0 aliphatic rings. The number of amides is 2. The molecule has 0 bridgehead atoms. The molecule has 0 saturated carbocycles. The second-order valence-corrected chi connectivity index (χ2v) is 5.52. The minimum absolute atomic E-state index is 0.00791. The topological polar surface area (TPSA) is 109 Å². The van der Waals surface area contributed by atoms with Gasteiger partial charge in [-0.1, -0.05) is 18.2 Å². The first-order valence-electron chi connectivity index (χ1n) is 8.30. The Kier molecular flexibility index (Phi) is 7.65. The molecule has 140 valence electrons. The van der Waals surface area contributed by atoms with Gasteiger partial charge in [-0.25, -0.2) is 0 Å². The second kappa shape index (κ2) is 10.4. The van der Waals surface area contributed by atoms with Gasteiger partial charge in [-0.3, -0.25) is 14.4 Å². The van der Waals surface area contributed by atoms with E-state index in [1.54, 1.807) is 24.3 Å². The molecule has 0 radical (unpaired) electrons. The van der Waals surface area contributed by atoms with Crippen LogP contribution >= 0.6 is 0 Å². The number of esters is 1. The lowest BCUT2D eigenvalue weighted by molar-refractivity contribution is -0.147. The molecule has 0 atom stereocenters. The average Bonchev–Trinajstić information content (AvgIpc) is 2.66. The zero-order valence-corrected chi connectivity index (χ0v) is 14.8. The van der Waals surface area contributed by atoms with E-state index in [4.69, 9.17) is 4.74 Å². The number of nitrogens with zero attached hydrogens (tertiary/aromatic N) is 2. The van der Waals surface area contributed by atoms with Crippen molar-refractivity contribution >= 4 is 34.8 Å². The van der Waals surface area contributed by atoms with Crippen molar-refractivity contribution in [3.8, 4) is 0 Å². The highest BCUT2D eigenvalue weighted by molar-refractivity contribution is 5.92. The van der Waals surface area contributed by atoms with Crippen molar-refractivity contribution in [1.29, 1.82) is 0 Å². The summed E-state index contributed by atoms with van der Waals surface area (Å²) in [6.07, 6.45) is 0.00791. The molecule has 2 amide bonds. The monoisotopic (exact) mass is 368 g/mol. The predicted molar refractivity (Wildman–Crippen MR) is 99.9 cm³/mol. The first kappa shape index (κ1) is 19.8. The lowest BCUT2D eigenvalue weighted by atomic mass is 10.3. The third kappa shape index (κ3) is 7.91. The Hall–Kier alpha value is -3.55. The van der Waals surface area contributed by atoms with Gasteiger partial charge in [-0.05, 0) is 36.4 Å².